The molecule has 1 aromatic heterocycles. The van der Waals surface area contributed by atoms with Crippen molar-refractivity contribution in [2.75, 3.05) is 5.32 Å². The number of rotatable bonds is 5. The van der Waals surface area contributed by atoms with Crippen molar-refractivity contribution >= 4 is 17.7 Å². The number of carbonyl (C=O) groups excluding carboxylic acids is 2. The largest absolute Gasteiger partial charge is 0.449 e. The van der Waals surface area contributed by atoms with E-state index in [9.17, 15) is 9.59 Å². The summed E-state index contributed by atoms with van der Waals surface area (Å²) in [7, 11) is 0. The Labute approximate surface area is 139 Å². The minimum Gasteiger partial charge on any atom is -0.449 e. The second-order valence-electron chi connectivity index (χ2n) is 5.48. The maximum atomic E-state index is 12.2. The first kappa shape index (κ1) is 17.2. The van der Waals surface area contributed by atoms with Gasteiger partial charge in [-0.1, -0.05) is 6.07 Å². The number of hydrogen-bond donors (Lipinski definition) is 1. The van der Waals surface area contributed by atoms with E-state index in [0.29, 0.717) is 11.4 Å². The van der Waals surface area contributed by atoms with Crippen molar-refractivity contribution in [3.05, 3.63) is 47.7 Å². The lowest BCUT2D eigenvalue weighted by molar-refractivity contribution is -0.123. The molecule has 0 aliphatic heterocycles. The van der Waals surface area contributed by atoms with Gasteiger partial charge in [-0.2, -0.15) is 10.4 Å². The van der Waals surface area contributed by atoms with Gasteiger partial charge < -0.3 is 10.1 Å². The van der Waals surface area contributed by atoms with Crippen molar-refractivity contribution in [3.8, 4) is 6.07 Å². The van der Waals surface area contributed by atoms with Crippen molar-refractivity contribution < 1.29 is 14.3 Å². The van der Waals surface area contributed by atoms with Crippen LogP contribution in [-0.4, -0.2) is 27.8 Å². The van der Waals surface area contributed by atoms with E-state index < -0.39 is 18.0 Å². The lowest BCUT2D eigenvalue weighted by Crippen LogP contribution is -2.31. The first-order valence-electron chi connectivity index (χ1n) is 7.48. The number of nitrogens with one attached hydrogen (secondary N) is 1. The van der Waals surface area contributed by atoms with E-state index in [0.717, 1.165) is 0 Å². The third kappa shape index (κ3) is 3.98. The number of aromatic nitrogens is 2. The van der Waals surface area contributed by atoms with E-state index in [1.54, 1.807) is 29.1 Å². The molecule has 0 bridgehead atoms. The summed E-state index contributed by atoms with van der Waals surface area (Å²) in [6, 6.07) is 9.82. The Morgan fingerprint density at radius 1 is 1.29 bits per heavy atom. The third-order valence-electron chi connectivity index (χ3n) is 3.29. The SMILES string of the molecule is CC(C)n1nccc1NC(=O)[C@@H](C)OC(=O)c1cccc(C#N)c1. The van der Waals surface area contributed by atoms with E-state index in [1.165, 1.54) is 19.1 Å². The van der Waals surface area contributed by atoms with Gasteiger partial charge in [0.05, 0.1) is 23.4 Å². The summed E-state index contributed by atoms with van der Waals surface area (Å²) in [6.45, 7) is 5.36. The second-order valence-corrected chi connectivity index (χ2v) is 5.48. The van der Waals surface area contributed by atoms with E-state index in [4.69, 9.17) is 10.00 Å². The summed E-state index contributed by atoms with van der Waals surface area (Å²) in [6.07, 6.45) is 0.596. The molecule has 0 saturated heterocycles. The smallest absolute Gasteiger partial charge is 0.338 e. The number of nitriles is 1. The summed E-state index contributed by atoms with van der Waals surface area (Å²) >= 11 is 0. The van der Waals surface area contributed by atoms with Gasteiger partial charge in [-0.15, -0.1) is 0 Å². The minimum atomic E-state index is -0.987. The Balaban J connectivity index is 2.02. The fourth-order valence-electron chi connectivity index (χ4n) is 2.05. The third-order valence-corrected chi connectivity index (χ3v) is 3.29. The van der Waals surface area contributed by atoms with E-state index in [1.807, 2.05) is 19.9 Å². The molecule has 0 radical (unpaired) electrons. The summed E-state index contributed by atoms with van der Waals surface area (Å²) < 4.78 is 6.81. The zero-order valence-corrected chi connectivity index (χ0v) is 13.7. The van der Waals surface area contributed by atoms with Crippen LogP contribution in [0.15, 0.2) is 36.5 Å². The predicted octanol–water partition coefficient (Wildman–Crippen LogP) is 2.52. The molecule has 24 heavy (non-hydrogen) atoms. The summed E-state index contributed by atoms with van der Waals surface area (Å²) in [5.41, 5.74) is 0.573. The monoisotopic (exact) mass is 326 g/mol. The van der Waals surface area contributed by atoms with Crippen LogP contribution in [0.5, 0.6) is 0 Å². The van der Waals surface area contributed by atoms with Crippen LogP contribution < -0.4 is 5.32 Å². The van der Waals surface area contributed by atoms with Crippen LogP contribution >= 0.6 is 0 Å². The van der Waals surface area contributed by atoms with Gasteiger partial charge in [-0.25, -0.2) is 9.48 Å². The van der Waals surface area contributed by atoms with Crippen molar-refractivity contribution in [1.29, 1.82) is 5.26 Å². The molecule has 2 aromatic rings. The van der Waals surface area contributed by atoms with Gasteiger partial charge in [-0.05, 0) is 39.0 Å². The predicted molar refractivity (Wildman–Crippen MR) is 87.3 cm³/mol. The highest BCUT2D eigenvalue weighted by Crippen LogP contribution is 2.14. The van der Waals surface area contributed by atoms with Crippen LogP contribution in [0.25, 0.3) is 0 Å². The number of nitrogens with zero attached hydrogens (tertiary/aromatic N) is 3. The van der Waals surface area contributed by atoms with Gasteiger partial charge in [0.25, 0.3) is 5.91 Å². The highest BCUT2D eigenvalue weighted by atomic mass is 16.5. The average molecular weight is 326 g/mol. The normalized spacial score (nSPS) is 11.6. The first-order valence-corrected chi connectivity index (χ1v) is 7.48. The molecule has 0 unspecified atom stereocenters. The fraction of sp³-hybridized carbons (Fsp3) is 0.294. The van der Waals surface area contributed by atoms with Gasteiger partial charge in [0.1, 0.15) is 5.82 Å². The standard InChI is InChI=1S/C17H18N4O3/c1-11(2)21-15(7-8-19-21)20-16(22)12(3)24-17(23)14-6-4-5-13(9-14)10-18/h4-9,11-12H,1-3H3,(H,20,22)/t12-/m1/s1. The van der Waals surface area contributed by atoms with Crippen LogP contribution in [0.3, 0.4) is 0 Å². The molecule has 1 aromatic carbocycles. The summed E-state index contributed by atoms with van der Waals surface area (Å²) in [4.78, 5) is 24.3. The highest BCUT2D eigenvalue weighted by molar-refractivity contribution is 5.97. The van der Waals surface area contributed by atoms with Crippen LogP contribution in [0.2, 0.25) is 0 Å². The Morgan fingerprint density at radius 3 is 2.71 bits per heavy atom. The Bertz CT molecular complexity index is 789. The molecule has 0 spiro atoms. The number of amides is 1. The fourth-order valence-corrected chi connectivity index (χ4v) is 2.05. The van der Waals surface area contributed by atoms with Crippen LogP contribution in [-0.2, 0) is 9.53 Å². The van der Waals surface area contributed by atoms with Crippen LogP contribution in [0.1, 0.15) is 42.7 Å². The molecular weight excluding hydrogens is 308 g/mol. The highest BCUT2D eigenvalue weighted by Gasteiger charge is 2.20. The molecular formula is C17H18N4O3. The number of carbonyl (C=O) groups is 2. The van der Waals surface area contributed by atoms with Gasteiger partial charge in [0, 0.05) is 12.1 Å². The van der Waals surface area contributed by atoms with Crippen LogP contribution in [0.4, 0.5) is 5.82 Å². The van der Waals surface area contributed by atoms with Crippen molar-refractivity contribution in [2.24, 2.45) is 0 Å². The Morgan fingerprint density at radius 2 is 2.04 bits per heavy atom. The Kier molecular flexibility index (Phi) is 5.32. The molecule has 124 valence electrons. The molecule has 0 aliphatic carbocycles. The van der Waals surface area contributed by atoms with Gasteiger partial charge >= 0.3 is 5.97 Å². The Hall–Kier alpha value is -3.14. The number of benzene rings is 1. The number of esters is 1. The lowest BCUT2D eigenvalue weighted by Gasteiger charge is -2.15. The molecule has 1 heterocycles. The van der Waals surface area contributed by atoms with Gasteiger partial charge in [0.15, 0.2) is 6.10 Å². The molecule has 0 aliphatic rings. The van der Waals surface area contributed by atoms with Crippen molar-refractivity contribution in [2.45, 2.75) is 32.9 Å². The molecule has 1 amide bonds. The zero-order valence-electron chi connectivity index (χ0n) is 13.7. The van der Waals surface area contributed by atoms with Gasteiger partial charge in [-0.3, -0.25) is 4.79 Å². The quantitative estimate of drug-likeness (QED) is 0.852. The molecule has 1 N–H and O–H groups in total. The summed E-state index contributed by atoms with van der Waals surface area (Å²) in [5.74, 6) is -0.585. The first-order chi connectivity index (χ1) is 11.4. The zero-order chi connectivity index (χ0) is 17.7. The molecule has 0 fully saturated rings. The van der Waals surface area contributed by atoms with E-state index in [-0.39, 0.29) is 11.6 Å². The lowest BCUT2D eigenvalue weighted by atomic mass is 10.1. The number of anilines is 1. The van der Waals surface area contributed by atoms with E-state index >= 15 is 0 Å². The maximum absolute atomic E-state index is 12.2. The topological polar surface area (TPSA) is 97.0 Å². The molecule has 1 atom stereocenters. The van der Waals surface area contributed by atoms with Crippen LogP contribution in [0, 0.1) is 11.3 Å². The van der Waals surface area contributed by atoms with E-state index in [2.05, 4.69) is 10.4 Å². The van der Waals surface area contributed by atoms with Gasteiger partial charge in [0.2, 0.25) is 0 Å². The molecule has 7 heteroatoms. The summed E-state index contributed by atoms with van der Waals surface area (Å²) in [5, 5.41) is 15.7. The minimum absolute atomic E-state index is 0.0851. The number of ether oxygens (including phenoxy) is 1. The molecule has 0 saturated carbocycles. The maximum Gasteiger partial charge on any atom is 0.338 e. The van der Waals surface area contributed by atoms with Crippen molar-refractivity contribution in [3.63, 3.8) is 0 Å². The average Bonchev–Trinajstić information content (AvgIpc) is 3.03. The second kappa shape index (κ2) is 7.42. The van der Waals surface area contributed by atoms with Crippen molar-refractivity contribution in [1.82, 2.24) is 9.78 Å². The molecule has 2 rings (SSSR count). The molecule has 7 nitrogen and oxygen atoms in total. The number of hydrogen-bond acceptors (Lipinski definition) is 5.